The van der Waals surface area contributed by atoms with Crippen molar-refractivity contribution < 1.29 is 0 Å². The van der Waals surface area contributed by atoms with Gasteiger partial charge in [0.1, 0.15) is 0 Å². The van der Waals surface area contributed by atoms with E-state index in [4.69, 9.17) is 4.98 Å². The Hall–Kier alpha value is -1.19. The highest BCUT2D eigenvalue weighted by Gasteiger charge is 2.09. The summed E-state index contributed by atoms with van der Waals surface area (Å²) < 4.78 is 0. The number of benzene rings is 1. The maximum atomic E-state index is 4.74. The van der Waals surface area contributed by atoms with Gasteiger partial charge < -0.3 is 5.32 Å². The van der Waals surface area contributed by atoms with Crippen LogP contribution in [0.3, 0.4) is 0 Å². The van der Waals surface area contributed by atoms with Crippen LogP contribution in [0.1, 0.15) is 33.6 Å². The lowest BCUT2D eigenvalue weighted by Crippen LogP contribution is -2.05. The highest BCUT2D eigenvalue weighted by molar-refractivity contribution is 7.11. The Kier molecular flexibility index (Phi) is 4.50. The average Bonchev–Trinajstić information content (AvgIpc) is 2.75. The van der Waals surface area contributed by atoms with Crippen molar-refractivity contribution >= 4 is 11.3 Å². The van der Waals surface area contributed by atoms with Crippen molar-refractivity contribution in [2.45, 2.75) is 33.2 Å². The first-order valence-electron chi connectivity index (χ1n) is 6.40. The molecular weight excluding hydrogens is 240 g/mol. The van der Waals surface area contributed by atoms with Gasteiger partial charge in [-0.25, -0.2) is 4.98 Å². The van der Waals surface area contributed by atoms with Gasteiger partial charge in [-0.2, -0.15) is 0 Å². The van der Waals surface area contributed by atoms with E-state index >= 15 is 0 Å². The number of rotatable bonds is 5. The first-order valence-corrected chi connectivity index (χ1v) is 7.22. The molecule has 0 saturated carbocycles. The molecule has 0 amide bonds. The Bertz CT molecular complexity index is 500. The minimum Gasteiger partial charge on any atom is -0.315 e. The number of aryl methyl sites for hydroxylation is 2. The molecule has 1 aromatic heterocycles. The maximum absolute atomic E-state index is 4.74. The third kappa shape index (κ3) is 3.18. The summed E-state index contributed by atoms with van der Waals surface area (Å²) in [4.78, 5) is 6.12. The Morgan fingerprint density at radius 1 is 1.22 bits per heavy atom. The molecule has 0 bridgehead atoms. The van der Waals surface area contributed by atoms with Crippen LogP contribution in [-0.2, 0) is 19.4 Å². The van der Waals surface area contributed by atoms with Gasteiger partial charge >= 0.3 is 0 Å². The van der Waals surface area contributed by atoms with Crippen molar-refractivity contribution in [3.05, 3.63) is 51.0 Å². The molecule has 96 valence electrons. The van der Waals surface area contributed by atoms with Gasteiger partial charge in [0.25, 0.3) is 0 Å². The monoisotopic (exact) mass is 260 g/mol. The molecule has 1 aromatic carbocycles. The van der Waals surface area contributed by atoms with Crippen molar-refractivity contribution in [3.8, 4) is 0 Å². The normalized spacial score (nSPS) is 10.8. The van der Waals surface area contributed by atoms with Gasteiger partial charge in [-0.05, 0) is 26.0 Å². The summed E-state index contributed by atoms with van der Waals surface area (Å²) in [5.74, 6) is 0. The Morgan fingerprint density at radius 3 is 2.56 bits per heavy atom. The van der Waals surface area contributed by atoms with Crippen LogP contribution in [0.25, 0.3) is 0 Å². The first kappa shape index (κ1) is 13.2. The average molecular weight is 260 g/mol. The molecule has 0 unspecified atom stereocenters. The predicted molar refractivity (Wildman–Crippen MR) is 78.2 cm³/mol. The zero-order valence-corrected chi connectivity index (χ0v) is 12.1. The van der Waals surface area contributed by atoms with Gasteiger partial charge in [0.2, 0.25) is 0 Å². The van der Waals surface area contributed by atoms with Crippen LogP contribution >= 0.6 is 11.3 Å². The fourth-order valence-corrected chi connectivity index (χ4v) is 3.17. The van der Waals surface area contributed by atoms with Gasteiger partial charge in [-0.15, -0.1) is 11.3 Å². The van der Waals surface area contributed by atoms with E-state index < -0.39 is 0 Å². The number of aromatic nitrogens is 1. The van der Waals surface area contributed by atoms with Crippen molar-refractivity contribution in [2.75, 3.05) is 7.05 Å². The first-order chi connectivity index (χ1) is 8.72. The molecular formula is C15H20N2S. The lowest BCUT2D eigenvalue weighted by atomic mass is 10.1. The molecule has 18 heavy (non-hydrogen) atoms. The molecule has 0 atom stereocenters. The van der Waals surface area contributed by atoms with Gasteiger partial charge in [0, 0.05) is 17.8 Å². The molecule has 0 spiro atoms. The van der Waals surface area contributed by atoms with E-state index in [1.807, 2.05) is 18.4 Å². The van der Waals surface area contributed by atoms with E-state index in [2.05, 4.69) is 43.4 Å². The maximum Gasteiger partial charge on any atom is 0.0975 e. The molecule has 0 aliphatic rings. The lowest BCUT2D eigenvalue weighted by molar-refractivity contribution is 0.813. The smallest absolute Gasteiger partial charge is 0.0975 e. The highest BCUT2D eigenvalue weighted by Crippen LogP contribution is 2.21. The summed E-state index contributed by atoms with van der Waals surface area (Å²) in [5.41, 5.74) is 3.90. The Balaban J connectivity index is 2.16. The lowest BCUT2D eigenvalue weighted by Gasteiger charge is -1.98. The zero-order chi connectivity index (χ0) is 13.0. The van der Waals surface area contributed by atoms with Crippen LogP contribution in [0.4, 0.5) is 0 Å². The molecule has 0 aliphatic carbocycles. The fourth-order valence-electron chi connectivity index (χ4n) is 1.97. The summed E-state index contributed by atoms with van der Waals surface area (Å²) in [6, 6.07) is 8.72. The van der Waals surface area contributed by atoms with Crippen molar-refractivity contribution in [1.82, 2.24) is 10.3 Å². The van der Waals surface area contributed by atoms with E-state index in [-0.39, 0.29) is 0 Å². The van der Waals surface area contributed by atoms with Crippen molar-refractivity contribution in [1.29, 1.82) is 0 Å². The standard InChI is InChI=1S/C15H20N2S/c1-4-13-14(10-16-3)18-15(17-13)9-12-7-5-11(2)6-8-12/h5-8,16H,4,9-10H2,1-3H3. The summed E-state index contributed by atoms with van der Waals surface area (Å²) in [6.07, 6.45) is 1.96. The van der Waals surface area contributed by atoms with Crippen molar-refractivity contribution in [3.63, 3.8) is 0 Å². The Morgan fingerprint density at radius 2 is 1.94 bits per heavy atom. The summed E-state index contributed by atoms with van der Waals surface area (Å²) in [7, 11) is 1.98. The van der Waals surface area contributed by atoms with E-state index in [1.54, 1.807) is 0 Å². The minimum absolute atomic E-state index is 0.925. The van der Waals surface area contributed by atoms with Crippen LogP contribution < -0.4 is 5.32 Å². The van der Waals surface area contributed by atoms with Crippen LogP contribution in [-0.4, -0.2) is 12.0 Å². The second kappa shape index (κ2) is 6.12. The largest absolute Gasteiger partial charge is 0.315 e. The molecule has 0 saturated heterocycles. The number of nitrogens with one attached hydrogen (secondary N) is 1. The van der Waals surface area contributed by atoms with Crippen LogP contribution in [0.2, 0.25) is 0 Å². The summed E-state index contributed by atoms with van der Waals surface area (Å²) >= 11 is 1.83. The third-order valence-electron chi connectivity index (χ3n) is 2.97. The van der Waals surface area contributed by atoms with E-state index in [9.17, 15) is 0 Å². The van der Waals surface area contributed by atoms with Gasteiger partial charge in [-0.1, -0.05) is 36.8 Å². The van der Waals surface area contributed by atoms with Crippen LogP contribution in [0.5, 0.6) is 0 Å². The molecule has 2 nitrogen and oxygen atoms in total. The van der Waals surface area contributed by atoms with Crippen molar-refractivity contribution in [2.24, 2.45) is 0 Å². The molecule has 1 heterocycles. The molecule has 0 fully saturated rings. The second-order valence-corrected chi connectivity index (χ2v) is 5.69. The van der Waals surface area contributed by atoms with E-state index in [1.165, 1.54) is 26.7 Å². The molecule has 2 aromatic rings. The molecule has 3 heteroatoms. The zero-order valence-electron chi connectivity index (χ0n) is 11.3. The topological polar surface area (TPSA) is 24.9 Å². The Labute approximate surface area is 113 Å². The van der Waals surface area contributed by atoms with E-state index in [0.717, 1.165) is 19.4 Å². The number of nitrogens with zero attached hydrogens (tertiary/aromatic N) is 1. The SMILES string of the molecule is CCc1nc(Cc2ccc(C)cc2)sc1CNC. The van der Waals surface area contributed by atoms with Gasteiger partial charge in [0.05, 0.1) is 10.7 Å². The molecule has 0 radical (unpaired) electrons. The van der Waals surface area contributed by atoms with Gasteiger partial charge in [0.15, 0.2) is 0 Å². The molecule has 0 aliphatic heterocycles. The second-order valence-electron chi connectivity index (χ2n) is 4.52. The van der Waals surface area contributed by atoms with Crippen LogP contribution in [0, 0.1) is 6.92 Å². The minimum atomic E-state index is 0.925. The molecule has 1 N–H and O–H groups in total. The van der Waals surface area contributed by atoms with E-state index in [0.29, 0.717) is 0 Å². The summed E-state index contributed by atoms with van der Waals surface area (Å²) in [6.45, 7) is 5.21. The third-order valence-corrected chi connectivity index (χ3v) is 4.07. The molecule has 2 rings (SSSR count). The number of thiazole rings is 1. The highest BCUT2D eigenvalue weighted by atomic mass is 32.1. The summed E-state index contributed by atoms with van der Waals surface area (Å²) in [5, 5.41) is 4.44. The predicted octanol–water partition coefficient (Wildman–Crippen LogP) is 3.32. The fraction of sp³-hybridized carbons (Fsp3) is 0.400. The quantitative estimate of drug-likeness (QED) is 0.892. The van der Waals surface area contributed by atoms with Crippen LogP contribution in [0.15, 0.2) is 24.3 Å². The van der Waals surface area contributed by atoms with Gasteiger partial charge in [-0.3, -0.25) is 0 Å². The number of hydrogen-bond acceptors (Lipinski definition) is 3. The number of hydrogen-bond donors (Lipinski definition) is 1.